The van der Waals surface area contributed by atoms with Crippen molar-refractivity contribution >= 4 is 5.78 Å². The van der Waals surface area contributed by atoms with E-state index in [9.17, 15) is 4.79 Å². The van der Waals surface area contributed by atoms with Gasteiger partial charge in [0, 0.05) is 19.7 Å². The minimum Gasteiger partial charge on any atom is -0.367 e. The molecule has 2 heterocycles. The van der Waals surface area contributed by atoms with Crippen molar-refractivity contribution in [3.63, 3.8) is 0 Å². The fourth-order valence-corrected chi connectivity index (χ4v) is 1.92. The summed E-state index contributed by atoms with van der Waals surface area (Å²) in [5.74, 6) is 0.173. The van der Waals surface area contributed by atoms with Gasteiger partial charge in [-0.3, -0.25) is 9.48 Å². The number of Topliss-reactive ketones (excluding diaryl/α,β-unsaturated/α-hetero) is 1. The predicted octanol–water partition coefficient (Wildman–Crippen LogP) is 1.10. The smallest absolute Gasteiger partial charge is 0.166 e. The number of hydrogen-bond donors (Lipinski definition) is 0. The van der Waals surface area contributed by atoms with Crippen LogP contribution in [0.1, 0.15) is 25.3 Å². The summed E-state index contributed by atoms with van der Waals surface area (Å²) >= 11 is 0. The summed E-state index contributed by atoms with van der Waals surface area (Å²) in [5.41, 5.74) is 0.964. The van der Waals surface area contributed by atoms with Gasteiger partial charge in [-0.05, 0) is 25.3 Å². The van der Waals surface area contributed by atoms with Crippen LogP contribution >= 0.6 is 0 Å². The molecule has 1 saturated heterocycles. The minimum absolute atomic E-state index is 0.173. The summed E-state index contributed by atoms with van der Waals surface area (Å²) in [6.07, 6.45) is 5.93. The third kappa shape index (κ3) is 2.45. The van der Waals surface area contributed by atoms with Crippen molar-refractivity contribution in [1.29, 1.82) is 0 Å². The van der Waals surface area contributed by atoms with Crippen LogP contribution in [0.25, 0.3) is 0 Å². The van der Waals surface area contributed by atoms with Gasteiger partial charge in [-0.1, -0.05) is 0 Å². The second-order valence-corrected chi connectivity index (χ2v) is 4.18. The molecule has 1 aliphatic rings. The molecular formula is C11H16N2O2. The van der Waals surface area contributed by atoms with E-state index in [4.69, 9.17) is 4.74 Å². The highest BCUT2D eigenvalue weighted by atomic mass is 16.5. The Hall–Kier alpha value is -1.16. The zero-order valence-electron chi connectivity index (χ0n) is 9.14. The number of ether oxygens (including phenoxy) is 1. The molecule has 0 aromatic carbocycles. The van der Waals surface area contributed by atoms with Gasteiger partial charge in [0.15, 0.2) is 5.78 Å². The highest BCUT2D eigenvalue weighted by Crippen LogP contribution is 2.20. The molecule has 0 radical (unpaired) electrons. The molecule has 0 amide bonds. The normalized spacial score (nSPS) is 25.7. The Morgan fingerprint density at radius 1 is 1.67 bits per heavy atom. The molecule has 0 aliphatic carbocycles. The first-order valence-corrected chi connectivity index (χ1v) is 5.31. The van der Waals surface area contributed by atoms with Gasteiger partial charge >= 0.3 is 0 Å². The van der Waals surface area contributed by atoms with E-state index in [-0.39, 0.29) is 18.0 Å². The second-order valence-electron chi connectivity index (χ2n) is 4.18. The van der Waals surface area contributed by atoms with Crippen molar-refractivity contribution < 1.29 is 9.53 Å². The van der Waals surface area contributed by atoms with Gasteiger partial charge in [0.25, 0.3) is 0 Å². The summed E-state index contributed by atoms with van der Waals surface area (Å²) < 4.78 is 7.23. The van der Waals surface area contributed by atoms with E-state index in [1.165, 1.54) is 0 Å². The van der Waals surface area contributed by atoms with Gasteiger partial charge in [0.1, 0.15) is 6.10 Å². The first kappa shape index (κ1) is 10.4. The third-order valence-corrected chi connectivity index (χ3v) is 2.73. The molecule has 4 heteroatoms. The number of aromatic nitrogens is 2. The van der Waals surface area contributed by atoms with E-state index in [0.717, 1.165) is 18.4 Å². The standard InChI is InChI=1S/C11H16N2O2/c1-8-3-4-11(15-8)10(14)5-9-6-12-13(2)7-9/h6-8,11H,3-5H2,1-2H3. The number of carbonyl (C=O) groups is 1. The Morgan fingerprint density at radius 2 is 2.47 bits per heavy atom. The van der Waals surface area contributed by atoms with E-state index < -0.39 is 0 Å². The maximum atomic E-state index is 11.8. The lowest BCUT2D eigenvalue weighted by molar-refractivity contribution is -0.128. The molecule has 0 bridgehead atoms. The van der Waals surface area contributed by atoms with Crippen molar-refractivity contribution in [3.05, 3.63) is 18.0 Å². The molecule has 82 valence electrons. The molecule has 4 nitrogen and oxygen atoms in total. The fourth-order valence-electron chi connectivity index (χ4n) is 1.92. The average molecular weight is 208 g/mol. The Kier molecular flexibility index (Phi) is 2.86. The largest absolute Gasteiger partial charge is 0.367 e. The van der Waals surface area contributed by atoms with Gasteiger partial charge in [-0.2, -0.15) is 5.10 Å². The number of carbonyl (C=O) groups excluding carboxylic acids is 1. The minimum atomic E-state index is -0.194. The first-order chi connectivity index (χ1) is 7.15. The van der Waals surface area contributed by atoms with E-state index in [1.54, 1.807) is 10.9 Å². The first-order valence-electron chi connectivity index (χ1n) is 5.31. The van der Waals surface area contributed by atoms with Crippen LogP contribution in [-0.2, 0) is 23.0 Å². The maximum Gasteiger partial charge on any atom is 0.166 e. The van der Waals surface area contributed by atoms with E-state index in [1.807, 2.05) is 20.2 Å². The number of ketones is 1. The predicted molar refractivity (Wildman–Crippen MR) is 55.5 cm³/mol. The Morgan fingerprint density at radius 3 is 3.00 bits per heavy atom. The molecular weight excluding hydrogens is 192 g/mol. The van der Waals surface area contributed by atoms with Crippen LogP contribution in [-0.4, -0.2) is 27.8 Å². The average Bonchev–Trinajstić information content (AvgIpc) is 2.75. The molecule has 1 aromatic heterocycles. The van der Waals surface area contributed by atoms with Gasteiger partial charge in [0.05, 0.1) is 12.3 Å². The van der Waals surface area contributed by atoms with Gasteiger partial charge < -0.3 is 4.74 Å². The van der Waals surface area contributed by atoms with Crippen LogP contribution < -0.4 is 0 Å². The molecule has 1 aliphatic heterocycles. The quantitative estimate of drug-likeness (QED) is 0.747. The number of rotatable bonds is 3. The van der Waals surface area contributed by atoms with E-state index >= 15 is 0 Å². The molecule has 1 fully saturated rings. The zero-order chi connectivity index (χ0) is 10.8. The summed E-state index contributed by atoms with van der Waals surface area (Å²) in [5, 5.41) is 4.03. The highest BCUT2D eigenvalue weighted by molar-refractivity contribution is 5.85. The number of hydrogen-bond acceptors (Lipinski definition) is 3. The van der Waals surface area contributed by atoms with Crippen LogP contribution in [0.5, 0.6) is 0 Å². The number of nitrogens with zero attached hydrogens (tertiary/aromatic N) is 2. The van der Waals surface area contributed by atoms with E-state index in [0.29, 0.717) is 6.42 Å². The molecule has 0 saturated carbocycles. The van der Waals surface area contributed by atoms with Gasteiger partial charge in [0.2, 0.25) is 0 Å². The van der Waals surface area contributed by atoms with Crippen LogP contribution in [0.4, 0.5) is 0 Å². The molecule has 0 spiro atoms. The summed E-state index contributed by atoms with van der Waals surface area (Å²) in [6.45, 7) is 2.01. The topological polar surface area (TPSA) is 44.1 Å². The summed E-state index contributed by atoms with van der Waals surface area (Å²) in [4.78, 5) is 11.8. The second kappa shape index (κ2) is 4.14. The molecule has 1 aromatic rings. The monoisotopic (exact) mass is 208 g/mol. The molecule has 2 atom stereocenters. The zero-order valence-corrected chi connectivity index (χ0v) is 9.14. The fraction of sp³-hybridized carbons (Fsp3) is 0.636. The molecule has 2 rings (SSSR count). The van der Waals surface area contributed by atoms with Crippen molar-refractivity contribution in [2.45, 2.75) is 38.4 Å². The lowest BCUT2D eigenvalue weighted by Gasteiger charge is -2.08. The van der Waals surface area contributed by atoms with Crippen LogP contribution in [0.15, 0.2) is 12.4 Å². The van der Waals surface area contributed by atoms with Crippen molar-refractivity contribution in [2.24, 2.45) is 7.05 Å². The Labute approximate surface area is 89.2 Å². The Balaban J connectivity index is 1.92. The van der Waals surface area contributed by atoms with Crippen LogP contribution in [0.2, 0.25) is 0 Å². The third-order valence-electron chi connectivity index (χ3n) is 2.73. The van der Waals surface area contributed by atoms with Crippen molar-refractivity contribution in [2.75, 3.05) is 0 Å². The summed E-state index contributed by atoms with van der Waals surface area (Å²) in [7, 11) is 1.85. The molecule has 15 heavy (non-hydrogen) atoms. The molecule has 2 unspecified atom stereocenters. The van der Waals surface area contributed by atoms with Crippen molar-refractivity contribution in [1.82, 2.24) is 9.78 Å². The SMILES string of the molecule is CC1CCC(C(=O)Cc2cnn(C)c2)O1. The lowest BCUT2D eigenvalue weighted by atomic mass is 10.1. The lowest BCUT2D eigenvalue weighted by Crippen LogP contribution is -2.22. The maximum absolute atomic E-state index is 11.8. The van der Waals surface area contributed by atoms with E-state index in [2.05, 4.69) is 5.10 Å². The van der Waals surface area contributed by atoms with Gasteiger partial charge in [-0.15, -0.1) is 0 Å². The highest BCUT2D eigenvalue weighted by Gasteiger charge is 2.27. The molecule has 0 N–H and O–H groups in total. The van der Waals surface area contributed by atoms with Crippen LogP contribution in [0.3, 0.4) is 0 Å². The van der Waals surface area contributed by atoms with Crippen LogP contribution in [0, 0.1) is 0 Å². The summed E-state index contributed by atoms with van der Waals surface area (Å²) in [6, 6.07) is 0. The number of aryl methyl sites for hydroxylation is 1. The Bertz CT molecular complexity index is 359. The van der Waals surface area contributed by atoms with Gasteiger partial charge in [-0.25, -0.2) is 0 Å². The van der Waals surface area contributed by atoms with Crippen molar-refractivity contribution in [3.8, 4) is 0 Å².